The van der Waals surface area contributed by atoms with Gasteiger partial charge in [0.25, 0.3) is 0 Å². The second-order valence-corrected chi connectivity index (χ2v) is 6.79. The molecule has 1 heterocycles. The normalized spacial score (nSPS) is 18.2. The molecule has 132 valence electrons. The van der Waals surface area contributed by atoms with Gasteiger partial charge in [0, 0.05) is 25.0 Å². The van der Waals surface area contributed by atoms with Gasteiger partial charge in [-0.1, -0.05) is 23.7 Å². The number of ether oxygens (including phenoxy) is 3. The molecule has 0 amide bonds. The summed E-state index contributed by atoms with van der Waals surface area (Å²) in [5.74, 6) is -1.57. The van der Waals surface area contributed by atoms with Crippen LogP contribution in [0.2, 0.25) is 5.02 Å². The predicted octanol–water partition coefficient (Wildman–Crippen LogP) is 4.81. The first-order valence-corrected chi connectivity index (χ1v) is 8.14. The number of fused-ring (bicyclic) bond motifs is 1. The number of aryl methyl sites for hydroxylation is 1. The van der Waals surface area contributed by atoms with Gasteiger partial charge in [0.1, 0.15) is 17.7 Å². The fourth-order valence-electron chi connectivity index (χ4n) is 2.86. The monoisotopic (exact) mass is 364 g/mol. The Bertz CT molecular complexity index is 848. The zero-order valence-corrected chi connectivity index (χ0v) is 15.1. The summed E-state index contributed by atoms with van der Waals surface area (Å²) >= 11 is 6.38. The van der Waals surface area contributed by atoms with Crippen LogP contribution in [0.5, 0.6) is 5.75 Å². The Balaban J connectivity index is 2.19. The summed E-state index contributed by atoms with van der Waals surface area (Å²) < 4.78 is 31.0. The zero-order chi connectivity index (χ0) is 18.4. The molecule has 0 saturated carbocycles. The molecule has 1 aliphatic heterocycles. The minimum Gasteiger partial charge on any atom is -0.465 e. The molecule has 3 rings (SSSR count). The average Bonchev–Trinajstić information content (AvgIpc) is 2.51. The van der Waals surface area contributed by atoms with Gasteiger partial charge < -0.3 is 14.2 Å². The number of hydrogen-bond acceptors (Lipinski definition) is 4. The highest BCUT2D eigenvalue weighted by molar-refractivity contribution is 6.32. The van der Waals surface area contributed by atoms with Gasteiger partial charge in [-0.05, 0) is 30.7 Å². The number of esters is 1. The Morgan fingerprint density at radius 1 is 1.28 bits per heavy atom. The standard InChI is InChI=1S/C19H18ClFO4/c1-10-5-6-12(14(21)7-10)17-16-13(20)8-11(18(22)23-4)9-15(16)24-19(2,3)25-17/h5-9,17H,1-4H3. The molecule has 0 spiro atoms. The second kappa shape index (κ2) is 6.32. The van der Waals surface area contributed by atoms with Crippen LogP contribution in [0.25, 0.3) is 0 Å². The molecular weight excluding hydrogens is 347 g/mol. The summed E-state index contributed by atoms with van der Waals surface area (Å²) in [5, 5.41) is 0.248. The third kappa shape index (κ3) is 3.34. The van der Waals surface area contributed by atoms with E-state index in [1.807, 2.05) is 6.92 Å². The molecule has 0 fully saturated rings. The second-order valence-electron chi connectivity index (χ2n) is 6.39. The van der Waals surface area contributed by atoms with E-state index in [0.29, 0.717) is 16.9 Å². The number of benzene rings is 2. The van der Waals surface area contributed by atoms with Crippen LogP contribution in [0, 0.1) is 12.7 Å². The molecule has 0 bridgehead atoms. The van der Waals surface area contributed by atoms with Crippen molar-refractivity contribution in [1.82, 2.24) is 0 Å². The molecule has 0 N–H and O–H groups in total. The fourth-order valence-corrected chi connectivity index (χ4v) is 3.17. The summed E-state index contributed by atoms with van der Waals surface area (Å²) in [4.78, 5) is 11.8. The van der Waals surface area contributed by atoms with Gasteiger partial charge in [-0.15, -0.1) is 0 Å². The zero-order valence-electron chi connectivity index (χ0n) is 14.4. The predicted molar refractivity (Wildman–Crippen MR) is 91.6 cm³/mol. The van der Waals surface area contributed by atoms with Gasteiger partial charge >= 0.3 is 5.97 Å². The fraction of sp³-hybridized carbons (Fsp3) is 0.316. The number of rotatable bonds is 2. The molecule has 1 aliphatic rings. The molecule has 25 heavy (non-hydrogen) atoms. The maximum atomic E-state index is 14.5. The van der Waals surface area contributed by atoms with E-state index in [0.717, 1.165) is 5.56 Å². The lowest BCUT2D eigenvalue weighted by Gasteiger charge is -2.38. The van der Waals surface area contributed by atoms with E-state index in [1.165, 1.54) is 25.3 Å². The molecule has 1 unspecified atom stereocenters. The quantitative estimate of drug-likeness (QED) is 0.717. The van der Waals surface area contributed by atoms with Crippen LogP contribution in [-0.2, 0) is 9.47 Å². The van der Waals surface area contributed by atoms with Gasteiger partial charge in [-0.3, -0.25) is 0 Å². The molecule has 6 heteroatoms. The van der Waals surface area contributed by atoms with Crippen LogP contribution in [0.3, 0.4) is 0 Å². The molecule has 4 nitrogen and oxygen atoms in total. The highest BCUT2D eigenvalue weighted by atomic mass is 35.5. The Kier molecular flexibility index (Phi) is 4.47. The van der Waals surface area contributed by atoms with Crippen molar-refractivity contribution in [3.05, 3.63) is 63.4 Å². The largest absolute Gasteiger partial charge is 0.465 e. The van der Waals surface area contributed by atoms with E-state index in [-0.39, 0.29) is 16.4 Å². The van der Waals surface area contributed by atoms with Crippen LogP contribution < -0.4 is 4.74 Å². The lowest BCUT2D eigenvalue weighted by Crippen LogP contribution is -2.38. The lowest BCUT2D eigenvalue weighted by atomic mass is 9.96. The first-order valence-electron chi connectivity index (χ1n) is 7.76. The van der Waals surface area contributed by atoms with Crippen molar-refractivity contribution in [2.45, 2.75) is 32.7 Å². The van der Waals surface area contributed by atoms with Gasteiger partial charge in [-0.25, -0.2) is 9.18 Å². The smallest absolute Gasteiger partial charge is 0.338 e. The number of carbonyl (C=O) groups is 1. The van der Waals surface area contributed by atoms with Crippen LogP contribution in [0.1, 0.15) is 47.0 Å². The summed E-state index contributed by atoms with van der Waals surface area (Å²) in [6, 6.07) is 7.93. The molecule has 2 aromatic carbocycles. The first-order chi connectivity index (χ1) is 11.7. The van der Waals surface area contributed by atoms with Crippen molar-refractivity contribution in [3.63, 3.8) is 0 Å². The molecule has 1 atom stereocenters. The van der Waals surface area contributed by atoms with E-state index >= 15 is 0 Å². The van der Waals surface area contributed by atoms with Crippen LogP contribution in [0.15, 0.2) is 30.3 Å². The molecule has 0 radical (unpaired) electrons. The molecule has 0 aliphatic carbocycles. The third-order valence-electron chi connectivity index (χ3n) is 3.97. The van der Waals surface area contributed by atoms with E-state index < -0.39 is 17.9 Å². The summed E-state index contributed by atoms with van der Waals surface area (Å²) in [6.07, 6.45) is -0.751. The third-order valence-corrected chi connectivity index (χ3v) is 4.28. The number of methoxy groups -OCH3 is 1. The minimum atomic E-state index is -1.02. The maximum Gasteiger partial charge on any atom is 0.338 e. The number of hydrogen-bond donors (Lipinski definition) is 0. The van der Waals surface area contributed by atoms with Crippen molar-refractivity contribution >= 4 is 17.6 Å². The Morgan fingerprint density at radius 2 is 2.00 bits per heavy atom. The van der Waals surface area contributed by atoms with Gasteiger partial charge in [0.15, 0.2) is 0 Å². The maximum absolute atomic E-state index is 14.5. The highest BCUT2D eigenvalue weighted by Crippen LogP contribution is 2.46. The van der Waals surface area contributed by atoms with Gasteiger partial charge in [0.05, 0.1) is 17.7 Å². The first kappa shape index (κ1) is 17.7. The summed E-state index contributed by atoms with van der Waals surface area (Å²) in [7, 11) is 1.29. The highest BCUT2D eigenvalue weighted by Gasteiger charge is 2.38. The summed E-state index contributed by atoms with van der Waals surface area (Å²) in [6.45, 7) is 5.24. The van der Waals surface area contributed by atoms with Crippen LogP contribution in [0.4, 0.5) is 4.39 Å². The van der Waals surface area contributed by atoms with Crippen molar-refractivity contribution in [1.29, 1.82) is 0 Å². The summed E-state index contributed by atoms with van der Waals surface area (Å²) in [5.41, 5.74) is 1.90. The lowest BCUT2D eigenvalue weighted by molar-refractivity contribution is -0.196. The van der Waals surface area contributed by atoms with E-state index in [4.69, 9.17) is 25.8 Å². The Hall–Kier alpha value is -2.11. The number of halogens is 2. The molecule has 0 saturated heterocycles. The SMILES string of the molecule is COC(=O)c1cc(Cl)c2c(c1)OC(C)(C)OC2c1ccc(C)cc1F. The van der Waals surface area contributed by atoms with Crippen molar-refractivity contribution in [2.75, 3.05) is 7.11 Å². The van der Waals surface area contributed by atoms with E-state index in [9.17, 15) is 9.18 Å². The van der Waals surface area contributed by atoms with E-state index in [1.54, 1.807) is 26.0 Å². The van der Waals surface area contributed by atoms with Crippen molar-refractivity contribution in [2.24, 2.45) is 0 Å². The van der Waals surface area contributed by atoms with E-state index in [2.05, 4.69) is 0 Å². The molecule has 0 aromatic heterocycles. The van der Waals surface area contributed by atoms with Gasteiger partial charge in [0.2, 0.25) is 5.79 Å². The van der Waals surface area contributed by atoms with Crippen molar-refractivity contribution < 1.29 is 23.4 Å². The molecular formula is C19H18ClFO4. The van der Waals surface area contributed by atoms with Crippen molar-refractivity contribution in [3.8, 4) is 5.75 Å². The topological polar surface area (TPSA) is 44.8 Å². The Morgan fingerprint density at radius 3 is 2.64 bits per heavy atom. The minimum absolute atomic E-state index is 0.248. The number of carbonyl (C=O) groups excluding carboxylic acids is 1. The molecule has 2 aromatic rings. The average molecular weight is 365 g/mol. The van der Waals surface area contributed by atoms with Crippen LogP contribution >= 0.6 is 11.6 Å². The Labute approximate surface area is 150 Å². The van der Waals surface area contributed by atoms with Crippen LogP contribution in [-0.4, -0.2) is 18.9 Å². The van der Waals surface area contributed by atoms with Gasteiger partial charge in [-0.2, -0.15) is 0 Å².